The van der Waals surface area contributed by atoms with E-state index in [1.165, 1.54) is 12.1 Å². The van der Waals surface area contributed by atoms with Gasteiger partial charge in [-0.15, -0.1) is 0 Å². The van der Waals surface area contributed by atoms with Crippen LogP contribution in [0.15, 0.2) is 101 Å². The molecule has 0 fully saturated rings. The van der Waals surface area contributed by atoms with E-state index in [0.717, 1.165) is 5.56 Å². The van der Waals surface area contributed by atoms with Crippen molar-refractivity contribution in [2.24, 2.45) is 4.99 Å². The molecule has 0 amide bonds. The third-order valence-corrected chi connectivity index (χ3v) is 5.52. The molecule has 29 heavy (non-hydrogen) atoms. The molecule has 0 spiro atoms. The van der Waals surface area contributed by atoms with E-state index >= 15 is 0 Å². The van der Waals surface area contributed by atoms with E-state index in [1.54, 1.807) is 72.8 Å². The molecule has 3 aromatic carbocycles. The Morgan fingerprint density at radius 3 is 1.93 bits per heavy atom. The average molecular weight is 407 g/mol. The van der Waals surface area contributed by atoms with Gasteiger partial charge in [-0.05, 0) is 17.7 Å². The molecular weight excluding hydrogens is 388 g/mol. The molecule has 0 saturated heterocycles. The molecule has 3 rings (SSSR count). The summed E-state index contributed by atoms with van der Waals surface area (Å²) in [6, 6.07) is 24.0. The number of sulfonamides is 1. The highest BCUT2D eigenvalue weighted by Crippen LogP contribution is 2.12. The van der Waals surface area contributed by atoms with E-state index < -0.39 is 22.0 Å². The largest absolute Gasteiger partial charge is 0.548 e. The zero-order valence-electron chi connectivity index (χ0n) is 15.4. The van der Waals surface area contributed by atoms with Crippen LogP contribution in [0.2, 0.25) is 0 Å². The van der Waals surface area contributed by atoms with E-state index in [2.05, 4.69) is 9.71 Å². The topological polar surface area (TPSA) is 98.7 Å². The number of hydrogen-bond donors (Lipinski definition) is 1. The van der Waals surface area contributed by atoms with Gasteiger partial charge in [0.15, 0.2) is 0 Å². The molecule has 0 aliphatic carbocycles. The van der Waals surface area contributed by atoms with Crippen molar-refractivity contribution in [3.05, 3.63) is 102 Å². The first-order valence-corrected chi connectivity index (χ1v) is 10.4. The number of carbonyl (C=O) groups is 1. The summed E-state index contributed by atoms with van der Waals surface area (Å²) < 4.78 is 28.0. The van der Waals surface area contributed by atoms with Gasteiger partial charge in [-0.3, -0.25) is 9.71 Å². The van der Waals surface area contributed by atoms with Crippen LogP contribution in [0.4, 0.5) is 0 Å². The third-order valence-electron chi connectivity index (χ3n) is 4.16. The molecule has 0 heterocycles. The summed E-state index contributed by atoms with van der Waals surface area (Å²) >= 11 is 0. The number of carboxylic acid groups (broad SMARTS) is 1. The van der Waals surface area contributed by atoms with Crippen molar-refractivity contribution < 1.29 is 18.3 Å². The number of nitrogens with one attached hydrogen (secondary N) is 1. The lowest BCUT2D eigenvalue weighted by Gasteiger charge is -2.18. The van der Waals surface area contributed by atoms with Crippen molar-refractivity contribution in [1.82, 2.24) is 4.72 Å². The molecule has 0 radical (unpaired) electrons. The zero-order valence-corrected chi connectivity index (χ0v) is 16.2. The maximum Gasteiger partial charge on any atom is 0.263 e. The Balaban J connectivity index is 1.99. The van der Waals surface area contributed by atoms with Crippen molar-refractivity contribution >= 4 is 21.8 Å². The van der Waals surface area contributed by atoms with Crippen LogP contribution in [-0.4, -0.2) is 26.3 Å². The van der Waals surface area contributed by atoms with Gasteiger partial charge in [0.2, 0.25) is 0 Å². The van der Waals surface area contributed by atoms with Gasteiger partial charge in [0, 0.05) is 12.0 Å². The number of carboxylic acids is 1. The van der Waals surface area contributed by atoms with E-state index in [0.29, 0.717) is 5.56 Å². The molecule has 1 atom stereocenters. The molecule has 0 bridgehead atoms. The van der Waals surface area contributed by atoms with Crippen molar-refractivity contribution in [3.8, 4) is 0 Å². The summed E-state index contributed by atoms with van der Waals surface area (Å²) in [6.07, 6.45) is 0.0760. The van der Waals surface area contributed by atoms with Gasteiger partial charge in [0.1, 0.15) is 5.84 Å². The minimum absolute atomic E-state index is 0.0525. The van der Waals surface area contributed by atoms with Gasteiger partial charge in [-0.2, -0.15) is 0 Å². The van der Waals surface area contributed by atoms with Crippen molar-refractivity contribution in [3.63, 3.8) is 0 Å². The van der Waals surface area contributed by atoms with Crippen LogP contribution in [0.5, 0.6) is 0 Å². The van der Waals surface area contributed by atoms with Crippen LogP contribution in [0.25, 0.3) is 0 Å². The Morgan fingerprint density at radius 1 is 0.862 bits per heavy atom. The summed E-state index contributed by atoms with van der Waals surface area (Å²) in [5.41, 5.74) is 1.20. The van der Waals surface area contributed by atoms with Crippen LogP contribution < -0.4 is 9.83 Å². The van der Waals surface area contributed by atoms with Crippen LogP contribution in [0.1, 0.15) is 11.1 Å². The van der Waals surface area contributed by atoms with Crippen molar-refractivity contribution in [2.75, 3.05) is 0 Å². The van der Waals surface area contributed by atoms with E-state index in [1.807, 2.05) is 6.07 Å². The van der Waals surface area contributed by atoms with Gasteiger partial charge < -0.3 is 9.90 Å². The normalized spacial score (nSPS) is 12.9. The maximum absolute atomic E-state index is 12.8. The lowest BCUT2D eigenvalue weighted by molar-refractivity contribution is -0.307. The summed E-state index contributed by atoms with van der Waals surface area (Å²) in [7, 11) is -3.95. The fourth-order valence-corrected chi connectivity index (χ4v) is 3.77. The van der Waals surface area contributed by atoms with Gasteiger partial charge in [0.05, 0.1) is 16.9 Å². The average Bonchev–Trinajstić information content (AvgIpc) is 2.74. The molecule has 1 N–H and O–H groups in total. The highest BCUT2D eigenvalue weighted by molar-refractivity contribution is 7.90. The maximum atomic E-state index is 12.8. The molecule has 0 aromatic heterocycles. The van der Waals surface area contributed by atoms with E-state index in [-0.39, 0.29) is 17.2 Å². The van der Waals surface area contributed by atoms with E-state index in [4.69, 9.17) is 0 Å². The Morgan fingerprint density at radius 2 is 1.38 bits per heavy atom. The second kappa shape index (κ2) is 9.16. The van der Waals surface area contributed by atoms with Gasteiger partial charge in [0.25, 0.3) is 10.0 Å². The lowest BCUT2D eigenvalue weighted by atomic mass is 10.1. The van der Waals surface area contributed by atoms with Gasteiger partial charge in [-0.25, -0.2) is 8.42 Å². The third kappa shape index (κ3) is 5.52. The lowest BCUT2D eigenvalue weighted by Crippen LogP contribution is -2.39. The Kier molecular flexibility index (Phi) is 6.41. The first-order valence-electron chi connectivity index (χ1n) is 8.91. The molecule has 0 saturated carbocycles. The minimum atomic E-state index is -3.95. The smallest absolute Gasteiger partial charge is 0.263 e. The zero-order chi connectivity index (χ0) is 20.7. The Bertz CT molecular complexity index is 1080. The molecule has 6 nitrogen and oxygen atoms in total. The summed E-state index contributed by atoms with van der Waals surface area (Å²) in [4.78, 5) is 16.0. The number of aliphatic carboxylic acids is 1. The second-order valence-corrected chi connectivity index (χ2v) is 7.97. The van der Waals surface area contributed by atoms with Crippen LogP contribution in [0.3, 0.4) is 0 Å². The first-order chi connectivity index (χ1) is 14.0. The first kappa shape index (κ1) is 20.3. The summed E-state index contributed by atoms with van der Waals surface area (Å²) in [6.45, 7) is 0. The number of hydrogen-bond acceptors (Lipinski definition) is 5. The number of benzene rings is 3. The molecular formula is C22H19N2O4S-. The number of rotatable bonds is 7. The standard InChI is InChI=1S/C22H20N2O4S/c25-22(26)20(16-17-10-4-1-5-11-17)23-21(18-12-6-2-7-13-18)24-29(27,28)19-14-8-3-9-15-19/h1-15,20H,16H2,(H,23,24)(H,25,26)/p-1/t20-/m1/s1. The monoisotopic (exact) mass is 407 g/mol. The second-order valence-electron chi connectivity index (χ2n) is 6.29. The Labute approximate surface area is 169 Å². The quantitative estimate of drug-likeness (QED) is 0.477. The molecule has 148 valence electrons. The van der Waals surface area contributed by atoms with Gasteiger partial charge in [-0.1, -0.05) is 78.9 Å². The van der Waals surface area contributed by atoms with E-state index in [9.17, 15) is 18.3 Å². The SMILES string of the molecule is O=C([O-])[C@@H](Cc1ccccc1)N=C(NS(=O)(=O)c1ccccc1)c1ccccc1. The minimum Gasteiger partial charge on any atom is -0.548 e. The fraction of sp³-hybridized carbons (Fsp3) is 0.0909. The number of nitrogens with zero attached hydrogens (tertiary/aromatic N) is 1. The highest BCUT2D eigenvalue weighted by atomic mass is 32.2. The number of carbonyl (C=O) groups excluding carboxylic acids is 1. The van der Waals surface area contributed by atoms with Crippen molar-refractivity contribution in [2.45, 2.75) is 17.4 Å². The van der Waals surface area contributed by atoms with Crippen LogP contribution in [-0.2, 0) is 21.2 Å². The molecule has 3 aromatic rings. The highest BCUT2D eigenvalue weighted by Gasteiger charge is 2.19. The molecule has 7 heteroatoms. The van der Waals surface area contributed by atoms with Crippen LogP contribution in [0, 0.1) is 0 Å². The molecule has 0 aliphatic rings. The fourth-order valence-electron chi connectivity index (χ4n) is 2.72. The molecule has 0 aliphatic heterocycles. The predicted molar refractivity (Wildman–Crippen MR) is 109 cm³/mol. The van der Waals surface area contributed by atoms with Gasteiger partial charge >= 0.3 is 0 Å². The molecule has 0 unspecified atom stereocenters. The summed E-state index contributed by atoms with van der Waals surface area (Å²) in [5.74, 6) is -1.44. The number of amidine groups is 1. The predicted octanol–water partition coefficient (Wildman–Crippen LogP) is 1.77. The number of aliphatic imine (C=N–C) groups is 1. The van der Waals surface area contributed by atoms with Crippen molar-refractivity contribution in [1.29, 1.82) is 0 Å². The van der Waals surface area contributed by atoms with Crippen LogP contribution >= 0.6 is 0 Å². The Hall–Kier alpha value is -3.45. The summed E-state index contributed by atoms with van der Waals surface area (Å²) in [5, 5.41) is 11.7.